The summed E-state index contributed by atoms with van der Waals surface area (Å²) in [6, 6.07) is 3.96. The minimum Gasteiger partial charge on any atom is -0.393 e. The first-order chi connectivity index (χ1) is 13.5. The van der Waals surface area contributed by atoms with E-state index in [1.165, 1.54) is 0 Å². The van der Waals surface area contributed by atoms with Crippen LogP contribution in [0.25, 0.3) is 0 Å². The Morgan fingerprint density at radius 3 is 2.68 bits per heavy atom. The maximum Gasteiger partial charge on any atom is 0.252 e. The Balaban J connectivity index is 1.46. The van der Waals surface area contributed by atoms with Gasteiger partial charge < -0.3 is 20.2 Å². The predicted octanol–water partition coefficient (Wildman–Crippen LogP) is 1.56. The molecule has 3 heterocycles. The summed E-state index contributed by atoms with van der Waals surface area (Å²) in [7, 11) is 1.61. The zero-order valence-corrected chi connectivity index (χ0v) is 16.6. The van der Waals surface area contributed by atoms with E-state index >= 15 is 0 Å². The van der Waals surface area contributed by atoms with Crippen LogP contribution in [0.2, 0.25) is 0 Å². The molecule has 1 aliphatic carbocycles. The fraction of sp³-hybridized carbons (Fsp3) is 0.667. The highest BCUT2D eigenvalue weighted by atomic mass is 16.3. The Hall–Kier alpha value is -2.15. The lowest BCUT2D eigenvalue weighted by Gasteiger charge is -2.41. The highest BCUT2D eigenvalue weighted by Gasteiger charge is 2.50. The highest BCUT2D eigenvalue weighted by molar-refractivity contribution is 5.93. The van der Waals surface area contributed by atoms with Gasteiger partial charge in [-0.3, -0.25) is 9.59 Å². The van der Waals surface area contributed by atoms with E-state index in [0.29, 0.717) is 18.0 Å². The number of aromatic nitrogens is 1. The lowest BCUT2D eigenvalue weighted by Crippen LogP contribution is -2.50. The molecule has 28 heavy (non-hydrogen) atoms. The largest absolute Gasteiger partial charge is 0.393 e. The first-order valence-electron chi connectivity index (χ1n) is 10.4. The molecule has 0 unspecified atom stereocenters. The molecule has 3 aliphatic rings. The molecule has 1 saturated carbocycles. The standard InChI is InChI=1S/C21H30N4O3/c1-22-19(27)15-3-8-18(23-13-15)24-11-2-9-21(14-24)10-12-25(20(21)28)16-4-6-17(26)7-5-16/h3,8,13,16-17,26H,2,4-7,9-12,14H2,1H3,(H,22,27)/t16-,17-,21-/m1/s1. The van der Waals surface area contributed by atoms with Gasteiger partial charge in [-0.2, -0.15) is 0 Å². The lowest BCUT2D eigenvalue weighted by molar-refractivity contribution is -0.139. The van der Waals surface area contributed by atoms with E-state index in [-0.39, 0.29) is 23.5 Å². The zero-order chi connectivity index (χ0) is 19.7. The van der Waals surface area contributed by atoms with Crippen molar-refractivity contribution in [2.75, 3.05) is 31.6 Å². The van der Waals surface area contributed by atoms with Crippen LogP contribution in [0.15, 0.2) is 18.3 Å². The van der Waals surface area contributed by atoms with E-state index in [1.807, 2.05) is 6.07 Å². The van der Waals surface area contributed by atoms with Gasteiger partial charge in [-0.25, -0.2) is 4.98 Å². The number of carbonyl (C=O) groups is 2. The van der Waals surface area contributed by atoms with Gasteiger partial charge in [-0.1, -0.05) is 0 Å². The summed E-state index contributed by atoms with van der Waals surface area (Å²) < 4.78 is 0. The summed E-state index contributed by atoms with van der Waals surface area (Å²) in [5, 5.41) is 12.4. The number of anilines is 1. The molecule has 152 valence electrons. The number of aliphatic hydroxyl groups is 1. The van der Waals surface area contributed by atoms with Crippen LogP contribution in [0.5, 0.6) is 0 Å². The van der Waals surface area contributed by atoms with Crippen molar-refractivity contribution in [3.8, 4) is 0 Å². The fourth-order valence-electron chi connectivity index (χ4n) is 5.12. The third-order valence-electron chi connectivity index (χ3n) is 6.79. The Morgan fingerprint density at radius 1 is 1.21 bits per heavy atom. The van der Waals surface area contributed by atoms with E-state index in [9.17, 15) is 14.7 Å². The number of nitrogens with one attached hydrogen (secondary N) is 1. The molecule has 1 aromatic rings. The summed E-state index contributed by atoms with van der Waals surface area (Å²) in [5.74, 6) is 0.979. The van der Waals surface area contributed by atoms with Gasteiger partial charge in [0.2, 0.25) is 5.91 Å². The highest BCUT2D eigenvalue weighted by Crippen LogP contribution is 2.43. The molecule has 7 heteroatoms. The van der Waals surface area contributed by atoms with Crippen LogP contribution in [0, 0.1) is 5.41 Å². The van der Waals surface area contributed by atoms with Crippen LogP contribution in [0.3, 0.4) is 0 Å². The van der Waals surface area contributed by atoms with Crippen molar-refractivity contribution in [1.82, 2.24) is 15.2 Å². The van der Waals surface area contributed by atoms with Crippen molar-refractivity contribution in [3.63, 3.8) is 0 Å². The van der Waals surface area contributed by atoms with Crippen LogP contribution in [0.4, 0.5) is 5.82 Å². The molecule has 0 radical (unpaired) electrons. The molecule has 4 rings (SSSR count). The number of rotatable bonds is 3. The van der Waals surface area contributed by atoms with Gasteiger partial charge in [-0.15, -0.1) is 0 Å². The van der Waals surface area contributed by atoms with E-state index in [2.05, 4.69) is 20.1 Å². The normalized spacial score (nSPS) is 30.7. The lowest BCUT2D eigenvalue weighted by atomic mass is 9.78. The Kier molecular flexibility index (Phi) is 5.27. The van der Waals surface area contributed by atoms with Gasteiger partial charge in [0.15, 0.2) is 0 Å². The monoisotopic (exact) mass is 386 g/mol. The molecule has 3 fully saturated rings. The number of amides is 2. The van der Waals surface area contributed by atoms with Gasteiger partial charge >= 0.3 is 0 Å². The number of likely N-dealkylation sites (tertiary alicyclic amines) is 1. The molecule has 2 N–H and O–H groups in total. The molecule has 0 aromatic carbocycles. The summed E-state index contributed by atoms with van der Waals surface area (Å²) in [4.78, 5) is 33.9. The average Bonchev–Trinajstić information content (AvgIpc) is 3.04. The molecule has 1 atom stereocenters. The number of hydrogen-bond acceptors (Lipinski definition) is 5. The number of carbonyl (C=O) groups excluding carboxylic acids is 2. The summed E-state index contributed by atoms with van der Waals surface area (Å²) in [5.41, 5.74) is 0.232. The number of hydrogen-bond donors (Lipinski definition) is 2. The fourth-order valence-corrected chi connectivity index (χ4v) is 5.12. The van der Waals surface area contributed by atoms with Gasteiger partial charge in [0, 0.05) is 38.9 Å². The molecule has 1 spiro atoms. The van der Waals surface area contributed by atoms with Crippen LogP contribution >= 0.6 is 0 Å². The molecule has 2 aliphatic heterocycles. The van der Waals surface area contributed by atoms with E-state index in [0.717, 1.165) is 63.9 Å². The maximum atomic E-state index is 13.4. The minimum atomic E-state index is -0.310. The van der Waals surface area contributed by atoms with Crippen molar-refractivity contribution >= 4 is 17.6 Å². The van der Waals surface area contributed by atoms with Crippen molar-refractivity contribution < 1.29 is 14.7 Å². The van der Waals surface area contributed by atoms with Crippen LogP contribution in [-0.2, 0) is 4.79 Å². The zero-order valence-electron chi connectivity index (χ0n) is 16.6. The van der Waals surface area contributed by atoms with Crippen molar-refractivity contribution in [3.05, 3.63) is 23.9 Å². The number of piperidine rings is 1. The first kappa shape index (κ1) is 19.2. The predicted molar refractivity (Wildman–Crippen MR) is 106 cm³/mol. The van der Waals surface area contributed by atoms with Crippen molar-refractivity contribution in [2.24, 2.45) is 5.41 Å². The molecular weight excluding hydrogens is 356 g/mol. The van der Waals surface area contributed by atoms with Crippen LogP contribution in [0.1, 0.15) is 55.3 Å². The first-order valence-corrected chi connectivity index (χ1v) is 10.4. The quantitative estimate of drug-likeness (QED) is 0.824. The smallest absolute Gasteiger partial charge is 0.252 e. The number of nitrogens with zero attached hydrogens (tertiary/aromatic N) is 3. The van der Waals surface area contributed by atoms with Gasteiger partial charge in [-0.05, 0) is 57.1 Å². The molecule has 0 bridgehead atoms. The van der Waals surface area contributed by atoms with Crippen molar-refractivity contribution in [1.29, 1.82) is 0 Å². The molecule has 2 saturated heterocycles. The third kappa shape index (κ3) is 3.48. The van der Waals surface area contributed by atoms with E-state index in [1.54, 1.807) is 19.3 Å². The maximum absolute atomic E-state index is 13.4. The number of aliphatic hydroxyl groups excluding tert-OH is 1. The summed E-state index contributed by atoms with van der Waals surface area (Å²) in [6.45, 7) is 2.41. The second kappa shape index (κ2) is 7.70. The molecule has 1 aromatic heterocycles. The van der Waals surface area contributed by atoms with Crippen LogP contribution < -0.4 is 10.2 Å². The van der Waals surface area contributed by atoms with Crippen molar-refractivity contribution in [2.45, 2.75) is 57.1 Å². The summed E-state index contributed by atoms with van der Waals surface area (Å²) in [6.07, 6.45) is 7.64. The minimum absolute atomic E-state index is 0.145. The van der Waals surface area contributed by atoms with E-state index < -0.39 is 0 Å². The Bertz CT molecular complexity index is 730. The topological polar surface area (TPSA) is 85.8 Å². The molecule has 7 nitrogen and oxygen atoms in total. The SMILES string of the molecule is CNC(=O)c1ccc(N2CCC[C@@]3(CCN([C@H]4CC[C@H](O)CC4)C3=O)C2)nc1. The number of pyridine rings is 1. The molecule has 2 amide bonds. The van der Waals surface area contributed by atoms with Gasteiger partial charge in [0.25, 0.3) is 5.91 Å². The third-order valence-corrected chi connectivity index (χ3v) is 6.79. The average molecular weight is 386 g/mol. The summed E-state index contributed by atoms with van der Waals surface area (Å²) >= 11 is 0. The van der Waals surface area contributed by atoms with Gasteiger partial charge in [0.1, 0.15) is 5.82 Å². The Morgan fingerprint density at radius 2 is 2.00 bits per heavy atom. The Labute approximate surface area is 166 Å². The second-order valence-electron chi connectivity index (χ2n) is 8.50. The second-order valence-corrected chi connectivity index (χ2v) is 8.50. The molecular formula is C21H30N4O3. The van der Waals surface area contributed by atoms with Crippen LogP contribution in [-0.4, -0.2) is 65.6 Å². The van der Waals surface area contributed by atoms with Gasteiger partial charge in [0.05, 0.1) is 17.1 Å². The van der Waals surface area contributed by atoms with E-state index in [4.69, 9.17) is 0 Å².